The summed E-state index contributed by atoms with van der Waals surface area (Å²) in [6.07, 6.45) is 1.71. The highest BCUT2D eigenvalue weighted by molar-refractivity contribution is 6.42. The summed E-state index contributed by atoms with van der Waals surface area (Å²) in [4.78, 5) is 34.4. The Balaban J connectivity index is 1.39. The number of fused-ring (bicyclic) bond motifs is 1. The number of ether oxygens (including phenoxy) is 2. The van der Waals surface area contributed by atoms with E-state index in [0.29, 0.717) is 58.4 Å². The molecule has 0 radical (unpaired) electrons. The van der Waals surface area contributed by atoms with Gasteiger partial charge < -0.3 is 29.8 Å². The van der Waals surface area contributed by atoms with Crippen LogP contribution in [0.3, 0.4) is 0 Å². The molecule has 0 bridgehead atoms. The zero-order chi connectivity index (χ0) is 27.4. The van der Waals surface area contributed by atoms with E-state index in [0.717, 1.165) is 0 Å². The molecule has 9 nitrogen and oxygen atoms in total. The highest BCUT2D eigenvalue weighted by atomic mass is 35.5. The lowest BCUT2D eigenvalue weighted by Gasteiger charge is -2.43. The van der Waals surface area contributed by atoms with Crippen LogP contribution < -0.4 is 20.3 Å². The van der Waals surface area contributed by atoms with Crippen LogP contribution in [-0.2, 0) is 11.2 Å². The van der Waals surface area contributed by atoms with E-state index in [4.69, 9.17) is 32.7 Å². The molecule has 1 aliphatic carbocycles. The van der Waals surface area contributed by atoms with Crippen LogP contribution in [0.25, 0.3) is 11.0 Å². The maximum Gasteiger partial charge on any atom is 0.270 e. The molecule has 0 aliphatic heterocycles. The summed E-state index contributed by atoms with van der Waals surface area (Å²) < 4.78 is 11.4. The summed E-state index contributed by atoms with van der Waals surface area (Å²) >= 11 is 12.1. The van der Waals surface area contributed by atoms with E-state index in [9.17, 15) is 14.7 Å². The van der Waals surface area contributed by atoms with Crippen LogP contribution in [0.15, 0.2) is 41.2 Å². The Morgan fingerprint density at radius 3 is 2.71 bits per heavy atom. The van der Waals surface area contributed by atoms with Crippen LogP contribution in [0.4, 0.5) is 0 Å². The van der Waals surface area contributed by atoms with Gasteiger partial charge in [0.2, 0.25) is 11.7 Å². The molecule has 3 unspecified atom stereocenters. The highest BCUT2D eigenvalue weighted by Crippen LogP contribution is 2.37. The number of amides is 1. The van der Waals surface area contributed by atoms with E-state index < -0.39 is 5.79 Å². The predicted octanol–water partition coefficient (Wildman–Crippen LogP) is 3.79. The van der Waals surface area contributed by atoms with E-state index in [2.05, 4.69) is 15.3 Å². The first-order valence-electron chi connectivity index (χ1n) is 12.4. The van der Waals surface area contributed by atoms with Gasteiger partial charge in [-0.15, -0.1) is 0 Å². The third-order valence-corrected chi connectivity index (χ3v) is 7.46. The molecule has 0 saturated heterocycles. The van der Waals surface area contributed by atoms with E-state index >= 15 is 0 Å². The summed E-state index contributed by atoms with van der Waals surface area (Å²) in [5.41, 5.74) is 0.868. The van der Waals surface area contributed by atoms with Crippen molar-refractivity contribution >= 4 is 40.1 Å². The van der Waals surface area contributed by atoms with Gasteiger partial charge in [-0.25, -0.2) is 4.98 Å². The third kappa shape index (κ3) is 6.77. The average Bonchev–Trinajstić information content (AvgIpc) is 2.86. The minimum atomic E-state index is -1.38. The molecular formula is C27H32Cl2N4O5. The zero-order valence-corrected chi connectivity index (χ0v) is 23.1. The molecule has 1 aliphatic rings. The number of aryl methyl sites for hydroxylation is 1. The topological polar surface area (TPSA) is 117 Å². The first kappa shape index (κ1) is 28.2. The fourth-order valence-corrected chi connectivity index (χ4v) is 5.17. The predicted molar refractivity (Wildman–Crippen MR) is 147 cm³/mol. The molecule has 1 heterocycles. The van der Waals surface area contributed by atoms with Gasteiger partial charge in [0, 0.05) is 43.8 Å². The summed E-state index contributed by atoms with van der Waals surface area (Å²) in [6, 6.07) is 10.1. The maximum absolute atomic E-state index is 12.8. The fraction of sp³-hybridized carbons (Fsp3) is 0.444. The largest absolute Gasteiger partial charge is 0.497 e. The summed E-state index contributed by atoms with van der Waals surface area (Å²) in [5, 5.41) is 15.2. The van der Waals surface area contributed by atoms with Gasteiger partial charge in [0.15, 0.2) is 0 Å². The molecule has 3 aromatic rings. The van der Waals surface area contributed by atoms with Crippen molar-refractivity contribution in [2.75, 3.05) is 27.7 Å². The minimum absolute atomic E-state index is 0.0995. The van der Waals surface area contributed by atoms with Crippen LogP contribution in [0, 0.1) is 5.92 Å². The molecule has 1 fully saturated rings. The number of nitrogens with one attached hydrogen (secondary N) is 2. The monoisotopic (exact) mass is 562 g/mol. The summed E-state index contributed by atoms with van der Waals surface area (Å²) in [6.45, 7) is 0.579. The number of rotatable bonds is 9. The lowest BCUT2D eigenvalue weighted by molar-refractivity contribution is -0.202. The molecule has 1 aromatic heterocycles. The number of hydrogen-bond donors (Lipinski definition) is 3. The number of aromatic amines is 1. The van der Waals surface area contributed by atoms with Gasteiger partial charge in [0.25, 0.3) is 5.56 Å². The standard InChI is InChI=1S/C27H32Cl2N4O5/c1-33(2)15-16-11-17(9-10-27(16,36)38-19-6-4-5-18(12-19)37-3)30-25(34)8-7-22-26(35)32-24-14-21(29)20(28)13-23(24)31-22/h4-6,12-14,16-17,36H,7-11,15H2,1-3H3,(H,30,34)(H,32,35). The average molecular weight is 563 g/mol. The molecule has 11 heteroatoms. The Morgan fingerprint density at radius 2 is 1.97 bits per heavy atom. The van der Waals surface area contributed by atoms with Crippen molar-refractivity contribution in [1.82, 2.24) is 20.2 Å². The number of carbonyl (C=O) groups excluding carboxylic acids is 1. The van der Waals surface area contributed by atoms with Crippen LogP contribution >= 0.6 is 23.2 Å². The van der Waals surface area contributed by atoms with E-state index in [1.54, 1.807) is 31.4 Å². The number of aliphatic hydroxyl groups is 1. The second-order valence-corrected chi connectivity index (χ2v) is 10.7. The first-order valence-corrected chi connectivity index (χ1v) is 13.2. The second-order valence-electron chi connectivity index (χ2n) is 9.92. The van der Waals surface area contributed by atoms with E-state index in [1.807, 2.05) is 31.1 Å². The highest BCUT2D eigenvalue weighted by Gasteiger charge is 2.45. The maximum atomic E-state index is 12.8. The number of benzene rings is 2. The molecule has 204 valence electrons. The zero-order valence-electron chi connectivity index (χ0n) is 21.6. The molecule has 3 atom stereocenters. The van der Waals surface area contributed by atoms with Crippen molar-refractivity contribution in [3.8, 4) is 11.5 Å². The van der Waals surface area contributed by atoms with E-state index in [1.165, 1.54) is 0 Å². The Morgan fingerprint density at radius 1 is 1.24 bits per heavy atom. The van der Waals surface area contributed by atoms with Crippen molar-refractivity contribution in [2.24, 2.45) is 5.92 Å². The normalized spacial score (nSPS) is 21.4. The van der Waals surface area contributed by atoms with Gasteiger partial charge >= 0.3 is 0 Å². The number of H-pyrrole nitrogens is 1. The molecule has 1 amide bonds. The van der Waals surface area contributed by atoms with Gasteiger partial charge in [0.1, 0.15) is 17.2 Å². The van der Waals surface area contributed by atoms with Crippen molar-refractivity contribution < 1.29 is 19.4 Å². The number of hydrogen-bond acceptors (Lipinski definition) is 7. The van der Waals surface area contributed by atoms with Gasteiger partial charge in [-0.1, -0.05) is 29.3 Å². The molecule has 2 aromatic carbocycles. The third-order valence-electron chi connectivity index (χ3n) is 6.74. The SMILES string of the molecule is COc1cccc(OC2(O)CCC(NC(=O)CCc3nc4cc(Cl)c(Cl)cc4[nH]c3=O)CC2CN(C)C)c1. The Bertz CT molecular complexity index is 1370. The number of carbonyl (C=O) groups is 1. The van der Waals surface area contributed by atoms with Crippen molar-refractivity contribution in [3.63, 3.8) is 0 Å². The van der Waals surface area contributed by atoms with Crippen molar-refractivity contribution in [1.29, 1.82) is 0 Å². The minimum Gasteiger partial charge on any atom is -0.497 e. The van der Waals surface area contributed by atoms with Crippen LogP contribution in [0.2, 0.25) is 10.0 Å². The molecular weight excluding hydrogens is 531 g/mol. The molecule has 4 rings (SSSR count). The molecule has 0 spiro atoms. The van der Waals surface area contributed by atoms with Gasteiger partial charge in [-0.3, -0.25) is 9.59 Å². The van der Waals surface area contributed by atoms with E-state index in [-0.39, 0.29) is 42.0 Å². The van der Waals surface area contributed by atoms with Crippen LogP contribution in [0.1, 0.15) is 31.4 Å². The summed E-state index contributed by atoms with van der Waals surface area (Å²) in [5.74, 6) is -0.653. The fourth-order valence-electron chi connectivity index (χ4n) is 4.84. The van der Waals surface area contributed by atoms with Gasteiger partial charge in [0.05, 0.1) is 28.2 Å². The first-order chi connectivity index (χ1) is 18.1. The second kappa shape index (κ2) is 11.9. The number of halogens is 2. The Hall–Kier alpha value is -2.85. The molecule has 38 heavy (non-hydrogen) atoms. The summed E-state index contributed by atoms with van der Waals surface area (Å²) in [7, 11) is 5.45. The van der Waals surface area contributed by atoms with Crippen LogP contribution in [0.5, 0.6) is 11.5 Å². The quantitative estimate of drug-likeness (QED) is 0.340. The van der Waals surface area contributed by atoms with Gasteiger partial charge in [-0.05, 0) is 51.2 Å². The van der Waals surface area contributed by atoms with Crippen LogP contribution in [-0.4, -0.2) is 65.5 Å². The van der Waals surface area contributed by atoms with Gasteiger partial charge in [-0.2, -0.15) is 0 Å². The number of nitrogens with zero attached hydrogens (tertiary/aromatic N) is 2. The Kier molecular flexibility index (Phi) is 8.82. The number of aromatic nitrogens is 2. The lowest BCUT2D eigenvalue weighted by atomic mass is 9.79. The van der Waals surface area contributed by atoms with Crippen molar-refractivity contribution in [2.45, 2.75) is 43.9 Å². The lowest BCUT2D eigenvalue weighted by Crippen LogP contribution is -2.55. The van der Waals surface area contributed by atoms with Crippen molar-refractivity contribution in [3.05, 3.63) is 62.5 Å². The molecule has 3 N–H and O–H groups in total. The Labute approximate surface area is 231 Å². The number of methoxy groups -OCH3 is 1. The smallest absolute Gasteiger partial charge is 0.270 e. The molecule has 1 saturated carbocycles.